The molecule has 0 saturated carbocycles. The van der Waals surface area contributed by atoms with Crippen LogP contribution in [0, 0.1) is 13.7 Å². The van der Waals surface area contributed by atoms with Crippen molar-refractivity contribution in [2.24, 2.45) is 5.10 Å². The molecule has 0 bridgehead atoms. The number of hydrogen-bond donors (Lipinski definition) is 1. The Morgan fingerprint density at radius 3 is 2.46 bits per heavy atom. The van der Waals surface area contributed by atoms with E-state index in [1.165, 1.54) is 25.5 Å². The van der Waals surface area contributed by atoms with Crippen molar-refractivity contribution in [1.82, 2.24) is 5.43 Å². The SMILES string of the molecule is CCCOc1ccc(C(=O)N/N=C\c2cc(I)c(OCc3ccc([N+](=O)[O-])cc3)c(OC)c2)cc1. The first-order valence-corrected chi connectivity index (χ1v) is 11.8. The van der Waals surface area contributed by atoms with Gasteiger partial charge in [-0.2, -0.15) is 5.10 Å². The molecule has 0 radical (unpaired) electrons. The zero-order valence-electron chi connectivity index (χ0n) is 19.2. The fourth-order valence-corrected chi connectivity index (χ4v) is 3.76. The molecule has 0 saturated heterocycles. The number of carbonyl (C=O) groups is 1. The summed E-state index contributed by atoms with van der Waals surface area (Å²) in [5, 5.41) is 14.8. The Bertz CT molecular complexity index is 1200. The van der Waals surface area contributed by atoms with Crippen LogP contribution < -0.4 is 19.6 Å². The Kier molecular flexibility index (Phi) is 9.41. The van der Waals surface area contributed by atoms with Crippen LogP contribution in [0.1, 0.15) is 34.8 Å². The van der Waals surface area contributed by atoms with Gasteiger partial charge in [-0.05, 0) is 88.7 Å². The predicted molar refractivity (Wildman–Crippen MR) is 140 cm³/mol. The van der Waals surface area contributed by atoms with E-state index >= 15 is 0 Å². The number of nitro benzene ring substituents is 1. The molecule has 3 aromatic carbocycles. The van der Waals surface area contributed by atoms with E-state index in [1.807, 2.05) is 13.0 Å². The molecule has 35 heavy (non-hydrogen) atoms. The van der Waals surface area contributed by atoms with Crippen LogP contribution in [-0.4, -0.2) is 30.8 Å². The van der Waals surface area contributed by atoms with Gasteiger partial charge in [-0.15, -0.1) is 0 Å². The zero-order chi connectivity index (χ0) is 25.2. The molecule has 0 aliphatic carbocycles. The largest absolute Gasteiger partial charge is 0.494 e. The number of methoxy groups -OCH3 is 1. The van der Waals surface area contributed by atoms with Gasteiger partial charge < -0.3 is 14.2 Å². The fourth-order valence-electron chi connectivity index (χ4n) is 2.98. The minimum absolute atomic E-state index is 0.0228. The first-order chi connectivity index (χ1) is 16.9. The summed E-state index contributed by atoms with van der Waals surface area (Å²) in [6.45, 7) is 2.87. The van der Waals surface area contributed by atoms with Crippen molar-refractivity contribution >= 4 is 40.4 Å². The first kappa shape index (κ1) is 25.9. The van der Waals surface area contributed by atoms with Crippen molar-refractivity contribution in [2.45, 2.75) is 20.0 Å². The summed E-state index contributed by atoms with van der Waals surface area (Å²) in [5.41, 5.74) is 4.49. The summed E-state index contributed by atoms with van der Waals surface area (Å²) in [6, 6.07) is 16.6. The lowest BCUT2D eigenvalue weighted by Crippen LogP contribution is -2.17. The average molecular weight is 589 g/mol. The number of halogens is 1. The van der Waals surface area contributed by atoms with Crippen LogP contribution in [0.15, 0.2) is 65.8 Å². The Balaban J connectivity index is 1.62. The maximum atomic E-state index is 12.3. The van der Waals surface area contributed by atoms with Gasteiger partial charge in [0, 0.05) is 17.7 Å². The average Bonchev–Trinajstić information content (AvgIpc) is 2.87. The molecule has 182 valence electrons. The minimum Gasteiger partial charge on any atom is -0.494 e. The second-order valence-corrected chi connectivity index (χ2v) is 8.48. The van der Waals surface area contributed by atoms with Crippen molar-refractivity contribution in [3.05, 3.63) is 91.0 Å². The molecule has 0 heterocycles. The van der Waals surface area contributed by atoms with Crippen LogP contribution >= 0.6 is 22.6 Å². The number of rotatable bonds is 11. The van der Waals surface area contributed by atoms with E-state index in [0.29, 0.717) is 35.0 Å². The van der Waals surface area contributed by atoms with Crippen LogP contribution in [-0.2, 0) is 6.61 Å². The van der Waals surface area contributed by atoms with Crippen molar-refractivity contribution in [3.63, 3.8) is 0 Å². The molecule has 9 nitrogen and oxygen atoms in total. The third-order valence-electron chi connectivity index (χ3n) is 4.75. The summed E-state index contributed by atoms with van der Waals surface area (Å²) < 4.78 is 17.7. The molecule has 0 fully saturated rings. The maximum absolute atomic E-state index is 12.3. The molecule has 0 aliphatic rings. The van der Waals surface area contributed by atoms with E-state index in [1.54, 1.807) is 42.5 Å². The highest BCUT2D eigenvalue weighted by Crippen LogP contribution is 2.34. The molecule has 0 aromatic heterocycles. The van der Waals surface area contributed by atoms with Gasteiger partial charge >= 0.3 is 0 Å². The molecule has 0 atom stereocenters. The van der Waals surface area contributed by atoms with Gasteiger partial charge in [-0.1, -0.05) is 6.92 Å². The summed E-state index contributed by atoms with van der Waals surface area (Å²) in [4.78, 5) is 22.7. The monoisotopic (exact) mass is 589 g/mol. The van der Waals surface area contributed by atoms with Crippen molar-refractivity contribution < 1.29 is 23.9 Å². The maximum Gasteiger partial charge on any atom is 0.271 e. The zero-order valence-corrected chi connectivity index (χ0v) is 21.4. The Labute approximate surface area is 216 Å². The number of amides is 1. The number of nitrogens with zero attached hydrogens (tertiary/aromatic N) is 2. The number of non-ortho nitro benzene ring substituents is 1. The standard InChI is InChI=1S/C25H24IN3O6/c1-3-12-34-21-10-6-19(7-11-21)25(30)28-27-15-18-13-22(26)24(23(14-18)33-2)35-16-17-4-8-20(9-5-17)29(31)32/h4-11,13-15H,3,12,16H2,1-2H3,(H,28,30)/b27-15-. The van der Waals surface area contributed by atoms with Gasteiger partial charge in [-0.25, -0.2) is 5.43 Å². The quantitative estimate of drug-likeness (QED) is 0.140. The van der Waals surface area contributed by atoms with E-state index in [2.05, 4.69) is 33.1 Å². The second-order valence-electron chi connectivity index (χ2n) is 7.32. The Morgan fingerprint density at radius 1 is 1.11 bits per heavy atom. The number of nitro groups is 1. The molecule has 3 rings (SSSR count). The smallest absolute Gasteiger partial charge is 0.271 e. The summed E-state index contributed by atoms with van der Waals surface area (Å²) in [6.07, 6.45) is 2.43. The number of hydrazone groups is 1. The highest BCUT2D eigenvalue weighted by molar-refractivity contribution is 14.1. The number of benzene rings is 3. The van der Waals surface area contributed by atoms with E-state index in [4.69, 9.17) is 14.2 Å². The first-order valence-electron chi connectivity index (χ1n) is 10.7. The lowest BCUT2D eigenvalue weighted by Gasteiger charge is -2.13. The Hall–Kier alpha value is -3.67. The lowest BCUT2D eigenvalue weighted by molar-refractivity contribution is -0.384. The van der Waals surface area contributed by atoms with Gasteiger partial charge in [0.2, 0.25) is 0 Å². The molecular formula is C25H24IN3O6. The normalized spacial score (nSPS) is 10.7. The van der Waals surface area contributed by atoms with Crippen LogP contribution in [0.5, 0.6) is 17.2 Å². The van der Waals surface area contributed by atoms with Gasteiger partial charge in [0.15, 0.2) is 11.5 Å². The molecule has 0 unspecified atom stereocenters. The molecule has 0 spiro atoms. The van der Waals surface area contributed by atoms with E-state index in [0.717, 1.165) is 15.6 Å². The third kappa shape index (κ3) is 7.41. The molecular weight excluding hydrogens is 565 g/mol. The third-order valence-corrected chi connectivity index (χ3v) is 5.55. The number of ether oxygens (including phenoxy) is 3. The minimum atomic E-state index is -0.446. The molecule has 1 amide bonds. The van der Waals surface area contributed by atoms with Gasteiger partial charge in [-0.3, -0.25) is 14.9 Å². The highest BCUT2D eigenvalue weighted by Gasteiger charge is 2.12. The van der Waals surface area contributed by atoms with Crippen LogP contribution in [0.25, 0.3) is 0 Å². The van der Waals surface area contributed by atoms with Crippen molar-refractivity contribution in [2.75, 3.05) is 13.7 Å². The van der Waals surface area contributed by atoms with Crippen molar-refractivity contribution in [1.29, 1.82) is 0 Å². The molecule has 0 aliphatic heterocycles. The number of nitrogens with one attached hydrogen (secondary N) is 1. The Morgan fingerprint density at radius 2 is 1.83 bits per heavy atom. The predicted octanol–water partition coefficient (Wildman–Crippen LogP) is 5.34. The number of hydrogen-bond acceptors (Lipinski definition) is 7. The topological polar surface area (TPSA) is 112 Å². The van der Waals surface area contributed by atoms with Crippen molar-refractivity contribution in [3.8, 4) is 17.2 Å². The number of carbonyl (C=O) groups excluding carboxylic acids is 1. The van der Waals surface area contributed by atoms with Gasteiger partial charge in [0.1, 0.15) is 12.4 Å². The second kappa shape index (κ2) is 12.7. The fraction of sp³-hybridized carbons (Fsp3) is 0.200. The van der Waals surface area contributed by atoms with Crippen LogP contribution in [0.3, 0.4) is 0 Å². The van der Waals surface area contributed by atoms with Crippen LogP contribution in [0.4, 0.5) is 5.69 Å². The van der Waals surface area contributed by atoms with Gasteiger partial charge in [0.05, 0.1) is 28.4 Å². The van der Waals surface area contributed by atoms with E-state index in [-0.39, 0.29) is 18.2 Å². The molecule has 1 N–H and O–H groups in total. The van der Waals surface area contributed by atoms with Gasteiger partial charge in [0.25, 0.3) is 11.6 Å². The van der Waals surface area contributed by atoms with Crippen LogP contribution in [0.2, 0.25) is 0 Å². The molecule has 3 aromatic rings. The summed E-state index contributed by atoms with van der Waals surface area (Å²) in [7, 11) is 1.53. The summed E-state index contributed by atoms with van der Waals surface area (Å²) in [5.74, 6) is 1.41. The van der Waals surface area contributed by atoms with E-state index < -0.39 is 4.92 Å². The summed E-state index contributed by atoms with van der Waals surface area (Å²) >= 11 is 2.12. The van der Waals surface area contributed by atoms with E-state index in [9.17, 15) is 14.9 Å². The molecule has 10 heteroatoms. The lowest BCUT2D eigenvalue weighted by atomic mass is 10.2. The highest BCUT2D eigenvalue weighted by atomic mass is 127.